The van der Waals surface area contributed by atoms with Crippen molar-refractivity contribution in [3.8, 4) is 0 Å². The van der Waals surface area contributed by atoms with E-state index in [4.69, 9.17) is 0 Å². The Hall–Kier alpha value is -0.0400. The molecule has 0 aromatic heterocycles. The van der Waals surface area contributed by atoms with Gasteiger partial charge in [0.15, 0.2) is 0 Å². The highest BCUT2D eigenvalue weighted by Gasteiger charge is 2.74. The van der Waals surface area contributed by atoms with Gasteiger partial charge >= 0.3 is 0 Å². The summed E-state index contributed by atoms with van der Waals surface area (Å²) in [6.07, 6.45) is 5.47. The fourth-order valence-corrected chi connectivity index (χ4v) is 5.59. The molecule has 0 aliphatic heterocycles. The van der Waals surface area contributed by atoms with E-state index in [0.717, 1.165) is 23.7 Å². The van der Waals surface area contributed by atoms with Gasteiger partial charge in [0, 0.05) is 0 Å². The molecule has 0 heterocycles. The van der Waals surface area contributed by atoms with Gasteiger partial charge in [0.25, 0.3) is 0 Å². The molecule has 0 bridgehead atoms. The smallest absolute Gasteiger partial charge is 0.0622 e. The van der Waals surface area contributed by atoms with Gasteiger partial charge in [-0.25, -0.2) is 0 Å². The van der Waals surface area contributed by atoms with E-state index in [2.05, 4.69) is 13.8 Å². The number of rotatable bonds is 1. The molecule has 16 heavy (non-hydrogen) atoms. The Morgan fingerprint density at radius 3 is 2.38 bits per heavy atom. The predicted molar refractivity (Wildman–Crippen MR) is 66.0 cm³/mol. The topological polar surface area (TPSA) is 20.2 Å². The third-order valence-electron chi connectivity index (χ3n) is 6.33. The van der Waals surface area contributed by atoms with Crippen LogP contribution in [0.5, 0.6) is 0 Å². The van der Waals surface area contributed by atoms with E-state index < -0.39 is 5.60 Å². The van der Waals surface area contributed by atoms with Crippen LogP contribution in [-0.4, -0.2) is 10.7 Å². The lowest BCUT2D eigenvalue weighted by atomic mass is 9.68. The Morgan fingerprint density at radius 2 is 1.75 bits per heavy atom. The molecule has 0 saturated heterocycles. The molecule has 3 fully saturated rings. The number of fused-ring (bicyclic) bond motifs is 1. The van der Waals surface area contributed by atoms with Crippen molar-refractivity contribution in [2.45, 2.75) is 59.0 Å². The summed E-state index contributed by atoms with van der Waals surface area (Å²) in [4.78, 5) is 0. The van der Waals surface area contributed by atoms with Crippen molar-refractivity contribution >= 4 is 0 Å². The summed E-state index contributed by atoms with van der Waals surface area (Å²) in [5, 5.41) is 10.4. The van der Waals surface area contributed by atoms with Crippen LogP contribution in [0.4, 0.5) is 0 Å². The maximum Gasteiger partial charge on any atom is 0.0622 e. The van der Waals surface area contributed by atoms with Crippen molar-refractivity contribution < 1.29 is 5.11 Å². The molecule has 0 amide bonds. The standard InChI is InChI=1S/C15H26O/c1-9-7-8-15-10(2)5-6-11(14(3,4)16)13(15)12(9)15/h9-13,16H,5-8H2,1-4H3. The van der Waals surface area contributed by atoms with Gasteiger partial charge in [0.2, 0.25) is 0 Å². The van der Waals surface area contributed by atoms with Crippen LogP contribution >= 0.6 is 0 Å². The van der Waals surface area contributed by atoms with E-state index in [-0.39, 0.29) is 0 Å². The molecule has 0 radical (unpaired) electrons. The van der Waals surface area contributed by atoms with Crippen molar-refractivity contribution in [1.29, 1.82) is 0 Å². The fourth-order valence-electron chi connectivity index (χ4n) is 5.59. The Kier molecular flexibility index (Phi) is 2.11. The SMILES string of the molecule is CC1CCC23C(C)CCC(C(C)(C)O)C2C13. The quantitative estimate of drug-likeness (QED) is 0.720. The zero-order valence-electron chi connectivity index (χ0n) is 11.2. The van der Waals surface area contributed by atoms with E-state index in [0.29, 0.717) is 11.3 Å². The Labute approximate surface area is 99.6 Å². The summed E-state index contributed by atoms with van der Waals surface area (Å²) < 4.78 is 0. The summed E-state index contributed by atoms with van der Waals surface area (Å²) in [5.41, 5.74) is 0.199. The average molecular weight is 222 g/mol. The molecular weight excluding hydrogens is 196 g/mol. The van der Waals surface area contributed by atoms with Crippen LogP contribution in [0.2, 0.25) is 0 Å². The number of aliphatic hydroxyl groups is 1. The minimum absolute atomic E-state index is 0.456. The lowest BCUT2D eigenvalue weighted by Gasteiger charge is -2.39. The minimum Gasteiger partial charge on any atom is -0.390 e. The molecule has 1 heteroatoms. The van der Waals surface area contributed by atoms with Gasteiger partial charge in [-0.2, -0.15) is 0 Å². The van der Waals surface area contributed by atoms with E-state index in [1.54, 1.807) is 0 Å². The summed E-state index contributed by atoms with van der Waals surface area (Å²) in [6, 6.07) is 0. The van der Waals surface area contributed by atoms with Gasteiger partial charge in [-0.15, -0.1) is 0 Å². The van der Waals surface area contributed by atoms with Gasteiger partial charge in [0.1, 0.15) is 0 Å². The molecule has 0 aromatic carbocycles. The second-order valence-corrected chi connectivity index (χ2v) is 7.42. The van der Waals surface area contributed by atoms with Crippen molar-refractivity contribution in [3.63, 3.8) is 0 Å². The van der Waals surface area contributed by atoms with Crippen LogP contribution in [0.3, 0.4) is 0 Å². The van der Waals surface area contributed by atoms with Crippen LogP contribution in [0.25, 0.3) is 0 Å². The van der Waals surface area contributed by atoms with Crippen molar-refractivity contribution in [3.05, 3.63) is 0 Å². The first-order chi connectivity index (χ1) is 7.39. The first-order valence-corrected chi connectivity index (χ1v) is 7.11. The second kappa shape index (κ2) is 3.04. The summed E-state index contributed by atoms with van der Waals surface area (Å²) in [7, 11) is 0. The van der Waals surface area contributed by atoms with Crippen LogP contribution < -0.4 is 0 Å². The molecule has 92 valence electrons. The van der Waals surface area contributed by atoms with Crippen molar-refractivity contribution in [2.24, 2.45) is 35.0 Å². The monoisotopic (exact) mass is 222 g/mol. The zero-order valence-corrected chi connectivity index (χ0v) is 11.2. The summed E-state index contributed by atoms with van der Waals surface area (Å²) in [5.74, 6) is 4.18. The van der Waals surface area contributed by atoms with Crippen LogP contribution in [0, 0.1) is 35.0 Å². The minimum atomic E-state index is -0.456. The average Bonchev–Trinajstić information content (AvgIpc) is 2.73. The molecule has 6 unspecified atom stereocenters. The first-order valence-electron chi connectivity index (χ1n) is 7.11. The highest BCUT2D eigenvalue weighted by Crippen LogP contribution is 2.79. The van der Waals surface area contributed by atoms with Gasteiger partial charge in [-0.05, 0) is 74.5 Å². The molecule has 1 spiro atoms. The van der Waals surface area contributed by atoms with Crippen molar-refractivity contribution in [1.82, 2.24) is 0 Å². The van der Waals surface area contributed by atoms with Crippen LogP contribution in [-0.2, 0) is 0 Å². The highest BCUT2D eigenvalue weighted by atomic mass is 16.3. The van der Waals surface area contributed by atoms with E-state index in [1.165, 1.54) is 25.7 Å². The lowest BCUT2D eigenvalue weighted by Crippen LogP contribution is -2.38. The maximum absolute atomic E-state index is 10.4. The van der Waals surface area contributed by atoms with Gasteiger partial charge < -0.3 is 5.11 Å². The third kappa shape index (κ3) is 1.16. The maximum atomic E-state index is 10.4. The third-order valence-corrected chi connectivity index (χ3v) is 6.33. The Morgan fingerprint density at radius 1 is 1.06 bits per heavy atom. The molecule has 6 atom stereocenters. The number of hydrogen-bond donors (Lipinski definition) is 1. The summed E-state index contributed by atoms with van der Waals surface area (Å²) in [6.45, 7) is 8.96. The molecule has 1 nitrogen and oxygen atoms in total. The molecule has 3 aliphatic carbocycles. The van der Waals surface area contributed by atoms with E-state index in [1.807, 2.05) is 13.8 Å². The fraction of sp³-hybridized carbons (Fsp3) is 1.00. The Bertz CT molecular complexity index is 303. The van der Waals surface area contributed by atoms with Gasteiger partial charge in [-0.3, -0.25) is 0 Å². The summed E-state index contributed by atoms with van der Waals surface area (Å²) >= 11 is 0. The zero-order chi connectivity index (χ0) is 11.7. The molecule has 1 N–H and O–H groups in total. The Balaban J connectivity index is 1.90. The molecular formula is C15H26O. The lowest BCUT2D eigenvalue weighted by molar-refractivity contribution is -0.0266. The van der Waals surface area contributed by atoms with Crippen LogP contribution in [0.1, 0.15) is 53.4 Å². The first kappa shape index (κ1) is 11.1. The molecule has 3 saturated carbocycles. The molecule has 0 aromatic rings. The normalized spacial score (nSPS) is 55.7. The largest absolute Gasteiger partial charge is 0.390 e. The van der Waals surface area contributed by atoms with Gasteiger partial charge in [-0.1, -0.05) is 13.8 Å². The van der Waals surface area contributed by atoms with Crippen LogP contribution in [0.15, 0.2) is 0 Å². The van der Waals surface area contributed by atoms with E-state index >= 15 is 0 Å². The predicted octanol–water partition coefficient (Wildman–Crippen LogP) is 3.47. The molecule has 3 aliphatic rings. The highest BCUT2D eigenvalue weighted by molar-refractivity contribution is 5.22. The van der Waals surface area contributed by atoms with Crippen molar-refractivity contribution in [2.75, 3.05) is 0 Å². The van der Waals surface area contributed by atoms with Gasteiger partial charge in [0.05, 0.1) is 5.60 Å². The number of hydrogen-bond acceptors (Lipinski definition) is 1. The second-order valence-electron chi connectivity index (χ2n) is 7.42. The molecule has 3 rings (SSSR count). The van der Waals surface area contributed by atoms with E-state index in [9.17, 15) is 5.11 Å².